The SMILES string of the molecule is O=Cc1ccc(OCc2cc(Cl)c3c(c2)OCCO3)cc1. The molecule has 1 aliphatic heterocycles. The van der Waals surface area contributed by atoms with Gasteiger partial charge in [-0.2, -0.15) is 0 Å². The number of fused-ring (bicyclic) bond motifs is 1. The minimum absolute atomic E-state index is 0.358. The fourth-order valence-corrected chi connectivity index (χ4v) is 2.34. The molecular weight excluding hydrogens is 292 g/mol. The van der Waals surface area contributed by atoms with Crippen LogP contribution in [0.4, 0.5) is 0 Å². The number of carbonyl (C=O) groups excluding carboxylic acids is 1. The maximum Gasteiger partial charge on any atom is 0.179 e. The van der Waals surface area contributed by atoms with Crippen LogP contribution in [0.2, 0.25) is 5.02 Å². The summed E-state index contributed by atoms with van der Waals surface area (Å²) < 4.78 is 16.7. The summed E-state index contributed by atoms with van der Waals surface area (Å²) in [5.41, 5.74) is 1.51. The second-order valence-electron chi connectivity index (χ2n) is 4.58. The Bertz CT molecular complexity index is 652. The van der Waals surface area contributed by atoms with Gasteiger partial charge in [-0.1, -0.05) is 11.6 Å². The number of ether oxygens (including phenoxy) is 3. The van der Waals surface area contributed by atoms with Crippen LogP contribution in [0.5, 0.6) is 17.2 Å². The van der Waals surface area contributed by atoms with Gasteiger partial charge in [-0.05, 0) is 42.0 Å². The van der Waals surface area contributed by atoms with Gasteiger partial charge in [0.25, 0.3) is 0 Å². The van der Waals surface area contributed by atoms with E-state index in [0.29, 0.717) is 47.7 Å². The lowest BCUT2D eigenvalue weighted by Gasteiger charge is -2.20. The van der Waals surface area contributed by atoms with Gasteiger partial charge in [-0.25, -0.2) is 0 Å². The summed E-state index contributed by atoms with van der Waals surface area (Å²) in [6.45, 7) is 1.38. The highest BCUT2D eigenvalue weighted by molar-refractivity contribution is 6.32. The Hall–Kier alpha value is -2.20. The summed E-state index contributed by atoms with van der Waals surface area (Å²) in [7, 11) is 0. The fraction of sp³-hybridized carbons (Fsp3) is 0.188. The van der Waals surface area contributed by atoms with Gasteiger partial charge in [-0.3, -0.25) is 4.79 Å². The van der Waals surface area contributed by atoms with E-state index in [1.807, 2.05) is 6.07 Å². The van der Waals surface area contributed by atoms with Crippen LogP contribution in [0.3, 0.4) is 0 Å². The highest BCUT2D eigenvalue weighted by atomic mass is 35.5. The molecule has 2 aromatic carbocycles. The average Bonchev–Trinajstić information content (AvgIpc) is 2.53. The molecule has 0 radical (unpaired) electrons. The van der Waals surface area contributed by atoms with E-state index in [9.17, 15) is 4.79 Å². The number of aldehydes is 1. The van der Waals surface area contributed by atoms with Crippen molar-refractivity contribution in [3.63, 3.8) is 0 Å². The van der Waals surface area contributed by atoms with Crippen LogP contribution in [0.1, 0.15) is 15.9 Å². The lowest BCUT2D eigenvalue weighted by molar-refractivity contribution is 0.112. The third kappa shape index (κ3) is 3.11. The summed E-state index contributed by atoms with van der Waals surface area (Å²) in [4.78, 5) is 10.6. The molecule has 0 aliphatic carbocycles. The predicted molar refractivity (Wildman–Crippen MR) is 78.6 cm³/mol. The van der Waals surface area contributed by atoms with Gasteiger partial charge >= 0.3 is 0 Å². The highest BCUT2D eigenvalue weighted by Crippen LogP contribution is 2.38. The Morgan fingerprint density at radius 1 is 1.14 bits per heavy atom. The first-order valence-electron chi connectivity index (χ1n) is 6.52. The van der Waals surface area contributed by atoms with Crippen molar-refractivity contribution in [2.45, 2.75) is 6.61 Å². The largest absolute Gasteiger partial charge is 0.489 e. The molecule has 0 bridgehead atoms. The smallest absolute Gasteiger partial charge is 0.179 e. The highest BCUT2D eigenvalue weighted by Gasteiger charge is 2.16. The Morgan fingerprint density at radius 3 is 2.67 bits per heavy atom. The molecule has 2 aromatic rings. The third-order valence-electron chi connectivity index (χ3n) is 3.08. The van der Waals surface area contributed by atoms with Crippen molar-refractivity contribution in [3.8, 4) is 17.2 Å². The molecule has 0 atom stereocenters. The van der Waals surface area contributed by atoms with E-state index in [4.69, 9.17) is 25.8 Å². The molecule has 4 nitrogen and oxygen atoms in total. The molecule has 0 saturated heterocycles. The summed E-state index contributed by atoms with van der Waals surface area (Å²) >= 11 is 6.17. The second-order valence-corrected chi connectivity index (χ2v) is 4.98. The lowest BCUT2D eigenvalue weighted by atomic mass is 10.2. The Kier molecular flexibility index (Phi) is 3.97. The van der Waals surface area contributed by atoms with Gasteiger partial charge in [0.15, 0.2) is 11.5 Å². The molecule has 1 aliphatic rings. The van der Waals surface area contributed by atoms with Crippen molar-refractivity contribution >= 4 is 17.9 Å². The summed E-state index contributed by atoms with van der Waals surface area (Å²) in [5, 5.41) is 0.516. The lowest BCUT2D eigenvalue weighted by Crippen LogP contribution is -2.16. The Morgan fingerprint density at radius 2 is 1.90 bits per heavy atom. The predicted octanol–water partition coefficient (Wildman–Crippen LogP) is 3.50. The first-order valence-corrected chi connectivity index (χ1v) is 6.90. The van der Waals surface area contributed by atoms with Crippen molar-refractivity contribution in [1.29, 1.82) is 0 Å². The minimum atomic E-state index is 0.358. The standard InChI is InChI=1S/C16H13ClO4/c17-14-7-12(8-15-16(14)20-6-5-19-15)10-21-13-3-1-11(9-18)2-4-13/h1-4,7-9H,5-6,10H2. The number of carbonyl (C=O) groups is 1. The molecule has 0 fully saturated rings. The van der Waals surface area contributed by atoms with E-state index in [1.165, 1.54) is 0 Å². The van der Waals surface area contributed by atoms with Gasteiger partial charge in [0.2, 0.25) is 0 Å². The van der Waals surface area contributed by atoms with Crippen LogP contribution in [0, 0.1) is 0 Å². The summed E-state index contributed by atoms with van der Waals surface area (Å²) in [5.74, 6) is 1.91. The molecule has 3 rings (SSSR count). The Labute approximate surface area is 127 Å². The fourth-order valence-electron chi connectivity index (χ4n) is 2.06. The number of hydrogen-bond donors (Lipinski definition) is 0. The number of halogens is 1. The molecule has 0 saturated carbocycles. The van der Waals surface area contributed by atoms with Crippen molar-refractivity contribution in [2.24, 2.45) is 0 Å². The van der Waals surface area contributed by atoms with E-state index in [-0.39, 0.29) is 0 Å². The van der Waals surface area contributed by atoms with Gasteiger partial charge in [0, 0.05) is 5.56 Å². The molecule has 108 valence electrons. The molecular formula is C16H13ClO4. The maximum atomic E-state index is 10.6. The minimum Gasteiger partial charge on any atom is -0.489 e. The van der Waals surface area contributed by atoms with Crippen molar-refractivity contribution in [2.75, 3.05) is 13.2 Å². The zero-order valence-electron chi connectivity index (χ0n) is 11.2. The molecule has 0 unspecified atom stereocenters. The average molecular weight is 305 g/mol. The van der Waals surface area contributed by atoms with Crippen molar-refractivity contribution in [3.05, 3.63) is 52.5 Å². The van der Waals surface area contributed by atoms with E-state index < -0.39 is 0 Å². The van der Waals surface area contributed by atoms with Crippen LogP contribution in [-0.4, -0.2) is 19.5 Å². The zero-order chi connectivity index (χ0) is 14.7. The number of benzene rings is 2. The summed E-state index contributed by atoms with van der Waals surface area (Å²) in [6, 6.07) is 10.6. The van der Waals surface area contributed by atoms with E-state index in [0.717, 1.165) is 11.8 Å². The zero-order valence-corrected chi connectivity index (χ0v) is 11.9. The Balaban J connectivity index is 1.72. The molecule has 0 amide bonds. The number of hydrogen-bond acceptors (Lipinski definition) is 4. The van der Waals surface area contributed by atoms with Crippen LogP contribution in [0.15, 0.2) is 36.4 Å². The monoisotopic (exact) mass is 304 g/mol. The van der Waals surface area contributed by atoms with Crippen molar-refractivity contribution < 1.29 is 19.0 Å². The first-order chi connectivity index (χ1) is 10.3. The molecule has 0 aromatic heterocycles. The second kappa shape index (κ2) is 6.06. The van der Waals surface area contributed by atoms with E-state index >= 15 is 0 Å². The van der Waals surface area contributed by atoms with Crippen LogP contribution < -0.4 is 14.2 Å². The van der Waals surface area contributed by atoms with E-state index in [2.05, 4.69) is 0 Å². The third-order valence-corrected chi connectivity index (χ3v) is 3.36. The van der Waals surface area contributed by atoms with Crippen LogP contribution in [0.25, 0.3) is 0 Å². The van der Waals surface area contributed by atoms with Crippen LogP contribution in [-0.2, 0) is 6.61 Å². The molecule has 1 heterocycles. The quantitative estimate of drug-likeness (QED) is 0.811. The van der Waals surface area contributed by atoms with Gasteiger partial charge in [-0.15, -0.1) is 0 Å². The van der Waals surface area contributed by atoms with Gasteiger partial charge < -0.3 is 14.2 Å². The summed E-state index contributed by atoms with van der Waals surface area (Å²) in [6.07, 6.45) is 0.796. The normalized spacial score (nSPS) is 12.8. The molecule has 0 spiro atoms. The van der Waals surface area contributed by atoms with Crippen LogP contribution >= 0.6 is 11.6 Å². The molecule has 5 heteroatoms. The number of rotatable bonds is 4. The van der Waals surface area contributed by atoms with Gasteiger partial charge in [0.05, 0.1) is 5.02 Å². The van der Waals surface area contributed by atoms with Crippen molar-refractivity contribution in [1.82, 2.24) is 0 Å². The first kappa shape index (κ1) is 13.8. The molecule has 21 heavy (non-hydrogen) atoms. The van der Waals surface area contributed by atoms with Gasteiger partial charge in [0.1, 0.15) is 31.9 Å². The maximum absolute atomic E-state index is 10.6. The topological polar surface area (TPSA) is 44.8 Å². The molecule has 0 N–H and O–H groups in total. The van der Waals surface area contributed by atoms with E-state index in [1.54, 1.807) is 30.3 Å².